The summed E-state index contributed by atoms with van der Waals surface area (Å²) in [6.07, 6.45) is -0.990. The second kappa shape index (κ2) is 8.24. The Kier molecular flexibility index (Phi) is 5.53. The van der Waals surface area contributed by atoms with Crippen LogP contribution in [0.25, 0.3) is 22.6 Å². The second-order valence-electron chi connectivity index (χ2n) is 6.38. The molecule has 1 amide bonds. The minimum absolute atomic E-state index is 0.0258. The van der Waals surface area contributed by atoms with Gasteiger partial charge in [0.25, 0.3) is 5.91 Å². The average Bonchev–Trinajstić information content (AvgIpc) is 3.46. The number of carbonyl (C=O) groups excluding carboxylic acids is 1. The number of benzene rings is 1. The molecule has 3 aromatic heterocycles. The summed E-state index contributed by atoms with van der Waals surface area (Å²) in [5.74, 6) is 0.995. The predicted molar refractivity (Wildman–Crippen MR) is 111 cm³/mol. The van der Waals surface area contributed by atoms with Crippen LogP contribution < -0.4 is 5.32 Å². The Morgan fingerprint density at radius 1 is 1.28 bits per heavy atom. The molecular formula is C21H17ClN2O4S. The fraction of sp³-hybridized carbons (Fsp3) is 0.143. The molecule has 6 nitrogen and oxygen atoms in total. The number of nitrogens with zero attached hydrogens (tertiary/aromatic N) is 1. The van der Waals surface area contributed by atoms with Gasteiger partial charge >= 0.3 is 0 Å². The number of hydrogen-bond donors (Lipinski definition) is 2. The number of aliphatic hydroxyl groups is 1. The van der Waals surface area contributed by atoms with Crippen LogP contribution in [-0.2, 0) is 0 Å². The highest BCUT2D eigenvalue weighted by atomic mass is 35.5. The molecule has 0 saturated carbocycles. The molecule has 4 aromatic rings. The van der Waals surface area contributed by atoms with Crippen molar-refractivity contribution in [2.24, 2.45) is 0 Å². The molecule has 0 fully saturated rings. The lowest BCUT2D eigenvalue weighted by molar-refractivity contribution is 0.0901. The largest absolute Gasteiger partial charge is 0.458 e. The molecule has 0 aliphatic rings. The van der Waals surface area contributed by atoms with Crippen molar-refractivity contribution in [2.75, 3.05) is 6.54 Å². The number of furan rings is 1. The van der Waals surface area contributed by atoms with Crippen molar-refractivity contribution >= 4 is 28.8 Å². The highest BCUT2D eigenvalue weighted by Gasteiger charge is 2.24. The Labute approximate surface area is 175 Å². The molecule has 1 aromatic carbocycles. The fourth-order valence-corrected chi connectivity index (χ4v) is 3.82. The van der Waals surface area contributed by atoms with E-state index in [4.69, 9.17) is 20.5 Å². The van der Waals surface area contributed by atoms with Gasteiger partial charge in [-0.2, -0.15) is 11.3 Å². The number of carbonyl (C=O) groups is 1. The quantitative estimate of drug-likeness (QED) is 0.446. The molecule has 8 heteroatoms. The summed E-state index contributed by atoms with van der Waals surface area (Å²) in [4.78, 5) is 12.8. The lowest BCUT2D eigenvalue weighted by Gasteiger charge is -2.10. The molecule has 29 heavy (non-hydrogen) atoms. The first-order chi connectivity index (χ1) is 14.0. The monoisotopic (exact) mass is 428 g/mol. The maximum atomic E-state index is 12.8. The van der Waals surface area contributed by atoms with Crippen molar-refractivity contribution in [3.63, 3.8) is 0 Å². The van der Waals surface area contributed by atoms with Crippen LogP contribution in [0.3, 0.4) is 0 Å². The first kappa shape index (κ1) is 19.4. The number of halogens is 1. The van der Waals surface area contributed by atoms with Crippen LogP contribution in [0.15, 0.2) is 62.2 Å². The first-order valence-corrected chi connectivity index (χ1v) is 10.2. The molecule has 0 aliphatic heterocycles. The third-order valence-corrected chi connectivity index (χ3v) is 5.45. The highest BCUT2D eigenvalue weighted by molar-refractivity contribution is 7.08. The number of aryl methyl sites for hydroxylation is 1. The van der Waals surface area contributed by atoms with E-state index in [1.54, 1.807) is 54.7 Å². The number of aliphatic hydroxyl groups excluding tert-OH is 1. The minimum atomic E-state index is -0.990. The summed E-state index contributed by atoms with van der Waals surface area (Å²) in [5.41, 5.74) is 2.19. The van der Waals surface area contributed by atoms with Crippen LogP contribution in [-0.4, -0.2) is 22.7 Å². The first-order valence-electron chi connectivity index (χ1n) is 8.84. The zero-order chi connectivity index (χ0) is 20.4. The maximum absolute atomic E-state index is 12.8. The van der Waals surface area contributed by atoms with Gasteiger partial charge in [-0.1, -0.05) is 35.0 Å². The van der Waals surface area contributed by atoms with Crippen LogP contribution in [0.5, 0.6) is 0 Å². The van der Waals surface area contributed by atoms with Crippen molar-refractivity contribution in [1.29, 1.82) is 0 Å². The lowest BCUT2D eigenvalue weighted by Crippen LogP contribution is -2.28. The zero-order valence-corrected chi connectivity index (χ0v) is 17.0. The van der Waals surface area contributed by atoms with E-state index < -0.39 is 12.0 Å². The van der Waals surface area contributed by atoms with E-state index in [1.165, 1.54) is 0 Å². The number of rotatable bonds is 6. The van der Waals surface area contributed by atoms with E-state index in [0.717, 1.165) is 5.56 Å². The molecule has 0 spiro atoms. The van der Waals surface area contributed by atoms with E-state index in [-0.39, 0.29) is 12.1 Å². The van der Waals surface area contributed by atoms with Gasteiger partial charge in [0.1, 0.15) is 34.6 Å². The number of hydrogen-bond acceptors (Lipinski definition) is 6. The molecule has 0 unspecified atom stereocenters. The van der Waals surface area contributed by atoms with Gasteiger partial charge in [0.2, 0.25) is 0 Å². The summed E-state index contributed by atoms with van der Waals surface area (Å²) in [7, 11) is 0. The van der Waals surface area contributed by atoms with Gasteiger partial charge in [0, 0.05) is 16.5 Å². The molecule has 148 valence electrons. The molecule has 4 rings (SSSR count). The van der Waals surface area contributed by atoms with Crippen LogP contribution in [0, 0.1) is 6.92 Å². The Morgan fingerprint density at radius 2 is 2.10 bits per heavy atom. The van der Waals surface area contributed by atoms with Crippen LogP contribution in [0.4, 0.5) is 0 Å². The highest BCUT2D eigenvalue weighted by Crippen LogP contribution is 2.31. The molecular weight excluding hydrogens is 412 g/mol. The maximum Gasteiger partial charge on any atom is 0.257 e. The summed E-state index contributed by atoms with van der Waals surface area (Å²) in [6.45, 7) is 1.63. The molecule has 3 heterocycles. The van der Waals surface area contributed by atoms with E-state index >= 15 is 0 Å². The van der Waals surface area contributed by atoms with Gasteiger partial charge in [-0.25, -0.2) is 0 Å². The fourth-order valence-electron chi connectivity index (χ4n) is 2.95. The van der Waals surface area contributed by atoms with Gasteiger partial charge in [0.15, 0.2) is 0 Å². The normalized spacial score (nSPS) is 12.1. The van der Waals surface area contributed by atoms with E-state index in [2.05, 4.69) is 10.5 Å². The Morgan fingerprint density at radius 3 is 2.86 bits per heavy atom. The van der Waals surface area contributed by atoms with Gasteiger partial charge in [0.05, 0.1) is 11.6 Å². The zero-order valence-electron chi connectivity index (χ0n) is 15.4. The standard InChI is InChI=1S/C21H17ClN2O4S/c1-12-19(20(24-28-12)14-4-2-3-5-15(14)22)21(26)23-10-16(25)18-7-6-17(27-18)13-8-9-29-11-13/h2-9,11,16,25H,10H2,1H3,(H,23,26)/t16-/m1/s1. The van der Waals surface area contributed by atoms with Gasteiger partial charge in [-0.05, 0) is 36.6 Å². The van der Waals surface area contributed by atoms with Crippen molar-refractivity contribution < 1.29 is 18.8 Å². The van der Waals surface area contributed by atoms with Crippen LogP contribution in [0.2, 0.25) is 5.02 Å². The molecule has 0 bridgehead atoms. The average molecular weight is 429 g/mol. The smallest absolute Gasteiger partial charge is 0.257 e. The minimum Gasteiger partial charge on any atom is -0.458 e. The third-order valence-electron chi connectivity index (χ3n) is 4.44. The lowest BCUT2D eigenvalue weighted by atomic mass is 10.1. The molecule has 0 aliphatic carbocycles. The topological polar surface area (TPSA) is 88.5 Å². The Bertz CT molecular complexity index is 1130. The number of nitrogens with one attached hydrogen (secondary N) is 1. The van der Waals surface area contributed by atoms with Crippen molar-refractivity contribution in [1.82, 2.24) is 10.5 Å². The van der Waals surface area contributed by atoms with E-state index in [9.17, 15) is 9.90 Å². The van der Waals surface area contributed by atoms with Crippen molar-refractivity contribution in [3.05, 3.63) is 75.3 Å². The number of amides is 1. The summed E-state index contributed by atoms with van der Waals surface area (Å²) >= 11 is 7.79. The molecule has 2 N–H and O–H groups in total. The molecule has 0 radical (unpaired) electrons. The predicted octanol–water partition coefficient (Wildman–Crippen LogP) is 5.09. The molecule has 0 saturated heterocycles. The van der Waals surface area contributed by atoms with Gasteiger partial charge in [-0.3, -0.25) is 4.79 Å². The summed E-state index contributed by atoms with van der Waals surface area (Å²) in [5, 5.41) is 21.5. The van der Waals surface area contributed by atoms with E-state index in [1.807, 2.05) is 16.8 Å². The van der Waals surface area contributed by atoms with Crippen molar-refractivity contribution in [2.45, 2.75) is 13.0 Å². The van der Waals surface area contributed by atoms with Gasteiger partial charge < -0.3 is 19.4 Å². The van der Waals surface area contributed by atoms with Crippen molar-refractivity contribution in [3.8, 4) is 22.6 Å². The van der Waals surface area contributed by atoms with Gasteiger partial charge in [-0.15, -0.1) is 0 Å². The number of aromatic nitrogens is 1. The third kappa shape index (κ3) is 3.98. The summed E-state index contributed by atoms with van der Waals surface area (Å²) in [6, 6.07) is 12.5. The van der Waals surface area contributed by atoms with E-state index in [0.29, 0.717) is 33.6 Å². The Hall–Kier alpha value is -2.87. The molecule has 1 atom stereocenters. The van der Waals surface area contributed by atoms with Crippen LogP contribution in [0.1, 0.15) is 28.0 Å². The summed E-state index contributed by atoms with van der Waals surface area (Å²) < 4.78 is 10.9. The second-order valence-corrected chi connectivity index (χ2v) is 7.57. The Balaban J connectivity index is 1.48. The van der Waals surface area contributed by atoms with Crippen LogP contribution >= 0.6 is 22.9 Å². The SMILES string of the molecule is Cc1onc(-c2ccccc2Cl)c1C(=O)NC[C@@H](O)c1ccc(-c2ccsc2)o1. The number of thiophene rings is 1.